The van der Waals surface area contributed by atoms with Crippen LogP contribution in [0.4, 0.5) is 5.69 Å². The van der Waals surface area contributed by atoms with E-state index in [0.717, 1.165) is 22.9 Å². The molecule has 4 rings (SSSR count). The number of hydrogen-bond acceptors (Lipinski definition) is 6. The number of hydrogen-bond donors (Lipinski definition) is 2. The van der Waals surface area contributed by atoms with Gasteiger partial charge in [0.25, 0.3) is 0 Å². The summed E-state index contributed by atoms with van der Waals surface area (Å²) in [6.45, 7) is 0.386. The number of methoxy groups -OCH3 is 1. The van der Waals surface area contributed by atoms with Gasteiger partial charge in [-0.25, -0.2) is 0 Å². The minimum Gasteiger partial charge on any atom is -0.493 e. The van der Waals surface area contributed by atoms with Crippen molar-refractivity contribution in [2.75, 3.05) is 18.2 Å². The Morgan fingerprint density at radius 1 is 1.08 bits per heavy atom. The summed E-state index contributed by atoms with van der Waals surface area (Å²) < 4.78 is 11.5. The summed E-state index contributed by atoms with van der Waals surface area (Å²) >= 11 is 1.14. The first kappa shape index (κ1) is 24.9. The van der Waals surface area contributed by atoms with Crippen LogP contribution >= 0.6 is 11.8 Å². The maximum atomic E-state index is 12.5. The lowest BCUT2D eigenvalue weighted by atomic mass is 9.87. The van der Waals surface area contributed by atoms with Gasteiger partial charge in [-0.2, -0.15) is 5.26 Å². The highest BCUT2D eigenvalue weighted by molar-refractivity contribution is 8.03. The molecule has 2 amide bonds. The van der Waals surface area contributed by atoms with Crippen molar-refractivity contribution in [3.8, 4) is 17.6 Å². The molecule has 0 radical (unpaired) electrons. The minimum absolute atomic E-state index is 0.0536. The fourth-order valence-electron chi connectivity index (χ4n) is 3.83. The Morgan fingerprint density at radius 2 is 1.81 bits per heavy atom. The summed E-state index contributed by atoms with van der Waals surface area (Å²) in [4.78, 5) is 24.9. The lowest BCUT2D eigenvalue weighted by Gasteiger charge is -2.25. The molecule has 7 nitrogen and oxygen atoms in total. The predicted molar refractivity (Wildman–Crippen MR) is 139 cm³/mol. The normalized spacial score (nSPS) is 15.0. The summed E-state index contributed by atoms with van der Waals surface area (Å²) in [6.07, 6.45) is 0.122. The van der Waals surface area contributed by atoms with E-state index in [4.69, 9.17) is 9.47 Å². The molecule has 3 aromatic carbocycles. The van der Waals surface area contributed by atoms with Crippen LogP contribution in [0.5, 0.6) is 11.5 Å². The van der Waals surface area contributed by atoms with Crippen molar-refractivity contribution >= 4 is 29.3 Å². The predicted octanol–water partition coefficient (Wildman–Crippen LogP) is 4.98. The van der Waals surface area contributed by atoms with Gasteiger partial charge in [0.2, 0.25) is 11.8 Å². The monoisotopic (exact) mass is 499 g/mol. The van der Waals surface area contributed by atoms with Gasteiger partial charge >= 0.3 is 0 Å². The van der Waals surface area contributed by atoms with Crippen LogP contribution in [0.15, 0.2) is 89.5 Å². The summed E-state index contributed by atoms with van der Waals surface area (Å²) in [5, 5.41) is 15.9. The molecule has 1 aliphatic heterocycles. The van der Waals surface area contributed by atoms with Gasteiger partial charge in [-0.1, -0.05) is 66.4 Å². The molecule has 182 valence electrons. The first-order valence-electron chi connectivity index (χ1n) is 11.3. The molecule has 1 atom stereocenters. The second-order valence-electron chi connectivity index (χ2n) is 8.05. The maximum absolute atomic E-state index is 12.5. The first-order valence-corrected chi connectivity index (χ1v) is 12.3. The summed E-state index contributed by atoms with van der Waals surface area (Å²) in [5.74, 6) is 0.240. The van der Waals surface area contributed by atoms with E-state index < -0.39 is 5.92 Å². The molecule has 2 N–H and O–H groups in total. The average molecular weight is 500 g/mol. The molecular weight excluding hydrogens is 474 g/mol. The lowest BCUT2D eigenvalue weighted by Crippen LogP contribution is -2.31. The third kappa shape index (κ3) is 6.26. The summed E-state index contributed by atoms with van der Waals surface area (Å²) in [5.41, 5.74) is 2.88. The number of carbonyl (C=O) groups excluding carboxylic acids is 2. The fourth-order valence-corrected chi connectivity index (χ4v) is 4.71. The molecule has 1 heterocycles. The molecule has 0 saturated heterocycles. The van der Waals surface area contributed by atoms with Crippen LogP contribution in [-0.2, 0) is 16.2 Å². The molecule has 1 aliphatic rings. The van der Waals surface area contributed by atoms with Crippen LogP contribution in [0.2, 0.25) is 0 Å². The van der Waals surface area contributed by atoms with Gasteiger partial charge in [0, 0.05) is 18.0 Å². The molecule has 3 aromatic rings. The van der Waals surface area contributed by atoms with Crippen LogP contribution in [0.1, 0.15) is 23.5 Å². The zero-order valence-electron chi connectivity index (χ0n) is 19.7. The van der Waals surface area contributed by atoms with Crippen LogP contribution in [0.25, 0.3) is 0 Å². The van der Waals surface area contributed by atoms with E-state index in [1.54, 1.807) is 31.4 Å². The summed E-state index contributed by atoms with van der Waals surface area (Å²) in [7, 11) is 1.55. The highest BCUT2D eigenvalue weighted by Gasteiger charge is 2.30. The zero-order valence-corrected chi connectivity index (χ0v) is 20.5. The Balaban J connectivity index is 1.50. The largest absolute Gasteiger partial charge is 0.493 e. The van der Waals surface area contributed by atoms with E-state index >= 15 is 0 Å². The standard InChI is InChI=1S/C28H25N3O4S/c1-34-25-14-20(12-13-24(25)35-17-19-8-4-2-5-9-19)22-15-26(32)31-28(23(22)16-29)36-18-27(33)30-21-10-6-3-7-11-21/h2-14,22H,15,17-18H2,1H3,(H,30,33)(H,31,32)/t22-/m0/s1. The van der Waals surface area contributed by atoms with Crippen molar-refractivity contribution in [2.24, 2.45) is 0 Å². The second-order valence-corrected chi connectivity index (χ2v) is 9.03. The molecule has 0 aliphatic carbocycles. The second kappa shape index (κ2) is 12.0. The van der Waals surface area contributed by atoms with Gasteiger partial charge in [0.15, 0.2) is 11.5 Å². The first-order chi connectivity index (χ1) is 17.6. The number of rotatable bonds is 9. The number of para-hydroxylation sites is 1. The van der Waals surface area contributed by atoms with Crippen LogP contribution in [-0.4, -0.2) is 24.7 Å². The smallest absolute Gasteiger partial charge is 0.234 e. The number of thioether (sulfide) groups is 1. The van der Waals surface area contributed by atoms with Crippen molar-refractivity contribution in [2.45, 2.75) is 18.9 Å². The van der Waals surface area contributed by atoms with Gasteiger partial charge in [0.1, 0.15) is 6.61 Å². The maximum Gasteiger partial charge on any atom is 0.234 e. The Hall–Kier alpha value is -4.22. The van der Waals surface area contributed by atoms with E-state index in [-0.39, 0.29) is 24.0 Å². The number of allylic oxidation sites excluding steroid dienone is 1. The topological polar surface area (TPSA) is 100 Å². The molecule has 8 heteroatoms. The number of anilines is 1. The molecule has 0 unspecified atom stereocenters. The number of benzene rings is 3. The molecule has 0 bridgehead atoms. The van der Waals surface area contributed by atoms with Crippen LogP contribution in [0, 0.1) is 11.3 Å². The van der Waals surface area contributed by atoms with Crippen molar-refractivity contribution < 1.29 is 19.1 Å². The molecular formula is C28H25N3O4S. The highest BCUT2D eigenvalue weighted by Crippen LogP contribution is 2.39. The number of amides is 2. The number of nitriles is 1. The van der Waals surface area contributed by atoms with Gasteiger partial charge in [-0.15, -0.1) is 0 Å². The number of nitrogens with zero attached hydrogens (tertiary/aromatic N) is 1. The van der Waals surface area contributed by atoms with Crippen molar-refractivity contribution in [3.05, 3.63) is 101 Å². The fraction of sp³-hybridized carbons (Fsp3) is 0.179. The zero-order chi connectivity index (χ0) is 25.3. The number of ether oxygens (including phenoxy) is 2. The Kier molecular flexibility index (Phi) is 8.27. The van der Waals surface area contributed by atoms with E-state index in [9.17, 15) is 14.9 Å². The molecule has 0 aromatic heterocycles. The third-order valence-corrected chi connectivity index (χ3v) is 6.61. The van der Waals surface area contributed by atoms with Crippen molar-refractivity contribution in [1.29, 1.82) is 5.26 Å². The molecule has 0 fully saturated rings. The summed E-state index contributed by atoms with van der Waals surface area (Å²) in [6, 6.07) is 26.6. The minimum atomic E-state index is -0.458. The van der Waals surface area contributed by atoms with E-state index in [2.05, 4.69) is 16.7 Å². The average Bonchev–Trinajstić information content (AvgIpc) is 2.91. The van der Waals surface area contributed by atoms with Crippen molar-refractivity contribution in [3.63, 3.8) is 0 Å². The third-order valence-electron chi connectivity index (χ3n) is 5.59. The SMILES string of the molecule is COc1cc([C@@H]2CC(=O)NC(SCC(=O)Nc3ccccc3)=C2C#N)ccc1OCc1ccccc1. The van der Waals surface area contributed by atoms with Crippen LogP contribution < -0.4 is 20.1 Å². The van der Waals surface area contributed by atoms with E-state index in [1.165, 1.54) is 0 Å². The van der Waals surface area contributed by atoms with Gasteiger partial charge in [-0.05, 0) is 35.4 Å². The Labute approximate surface area is 214 Å². The number of nitrogens with one attached hydrogen (secondary N) is 2. The number of carbonyl (C=O) groups is 2. The van der Waals surface area contributed by atoms with Gasteiger partial charge in [0.05, 0.1) is 29.5 Å². The van der Waals surface area contributed by atoms with E-state index in [1.807, 2.05) is 54.6 Å². The molecule has 36 heavy (non-hydrogen) atoms. The molecule has 0 spiro atoms. The van der Waals surface area contributed by atoms with Crippen LogP contribution in [0.3, 0.4) is 0 Å². The highest BCUT2D eigenvalue weighted by atomic mass is 32.2. The Morgan fingerprint density at radius 3 is 2.50 bits per heavy atom. The van der Waals surface area contributed by atoms with Gasteiger partial charge in [-0.3, -0.25) is 9.59 Å². The van der Waals surface area contributed by atoms with Crippen molar-refractivity contribution in [1.82, 2.24) is 5.32 Å². The Bertz CT molecular complexity index is 1300. The molecule has 0 saturated carbocycles. The van der Waals surface area contributed by atoms with Gasteiger partial charge < -0.3 is 20.1 Å². The quantitative estimate of drug-likeness (QED) is 0.431. The van der Waals surface area contributed by atoms with E-state index in [0.29, 0.717) is 34.4 Å². The lowest BCUT2D eigenvalue weighted by molar-refractivity contribution is -0.121.